The van der Waals surface area contributed by atoms with Crippen molar-refractivity contribution in [1.29, 1.82) is 0 Å². The number of ether oxygens (including phenoxy) is 2. The molecule has 2 aromatic rings. The average molecular weight is 476 g/mol. The number of amides is 1. The number of rotatable bonds is 5. The van der Waals surface area contributed by atoms with E-state index in [1.54, 1.807) is 20.8 Å². The van der Waals surface area contributed by atoms with Gasteiger partial charge in [0.1, 0.15) is 23.6 Å². The van der Waals surface area contributed by atoms with Crippen molar-refractivity contribution in [2.75, 3.05) is 13.1 Å². The maximum Gasteiger partial charge on any atom is 0.410 e. The fourth-order valence-electron chi connectivity index (χ4n) is 3.66. The molecule has 1 aliphatic heterocycles. The molecule has 0 bridgehead atoms. The predicted molar refractivity (Wildman–Crippen MR) is 110 cm³/mol. The summed E-state index contributed by atoms with van der Waals surface area (Å²) >= 11 is 6.27. The van der Waals surface area contributed by atoms with Crippen molar-refractivity contribution >= 4 is 17.7 Å². The van der Waals surface area contributed by atoms with Gasteiger partial charge >= 0.3 is 6.09 Å². The number of nitrogens with two attached hydrogens (primary N) is 1. The molecule has 1 aromatic carbocycles. The molecule has 0 aliphatic carbocycles. The van der Waals surface area contributed by atoms with Crippen LogP contribution in [0, 0.1) is 5.82 Å². The van der Waals surface area contributed by atoms with E-state index in [4.69, 9.17) is 26.8 Å². The van der Waals surface area contributed by atoms with Crippen LogP contribution in [0.5, 0.6) is 5.75 Å². The summed E-state index contributed by atoms with van der Waals surface area (Å²) in [7, 11) is 1.33. The van der Waals surface area contributed by atoms with E-state index in [1.165, 1.54) is 11.9 Å². The van der Waals surface area contributed by atoms with E-state index in [9.17, 15) is 18.0 Å². The van der Waals surface area contributed by atoms with Gasteiger partial charge in [0, 0.05) is 30.7 Å². The Hall–Kier alpha value is -2.53. The molecule has 0 fully saturated rings. The molecule has 1 unspecified atom stereocenters. The normalized spacial score (nSPS) is 16.3. The highest BCUT2D eigenvalue weighted by molar-refractivity contribution is 6.31. The molecule has 32 heavy (non-hydrogen) atoms. The zero-order valence-electron chi connectivity index (χ0n) is 18.2. The van der Waals surface area contributed by atoms with Crippen molar-refractivity contribution in [2.24, 2.45) is 12.8 Å². The summed E-state index contributed by atoms with van der Waals surface area (Å²) in [6, 6.07) is 0.310. The number of carbonyl (C=O) groups is 1. The second-order valence-electron chi connectivity index (χ2n) is 8.37. The van der Waals surface area contributed by atoms with Crippen LogP contribution in [0.3, 0.4) is 0 Å². The van der Waals surface area contributed by atoms with Crippen molar-refractivity contribution in [3.63, 3.8) is 0 Å². The number of halogens is 4. The summed E-state index contributed by atoms with van der Waals surface area (Å²) in [4.78, 5) is 14.1. The van der Waals surface area contributed by atoms with Gasteiger partial charge in [-0.05, 0) is 38.8 Å². The van der Waals surface area contributed by atoms with Crippen LogP contribution in [0.4, 0.5) is 18.0 Å². The number of alkyl halides is 2. The van der Waals surface area contributed by atoms with Crippen molar-refractivity contribution < 1.29 is 27.4 Å². The van der Waals surface area contributed by atoms with Crippen LogP contribution >= 0.6 is 11.6 Å². The first kappa shape index (κ1) is 24.1. The molecule has 2 heterocycles. The minimum atomic E-state index is -2.84. The first-order valence-corrected chi connectivity index (χ1v) is 10.3. The van der Waals surface area contributed by atoms with Crippen LogP contribution in [0.25, 0.3) is 0 Å². The van der Waals surface area contributed by atoms with Gasteiger partial charge in [-0.1, -0.05) is 16.8 Å². The van der Waals surface area contributed by atoms with Gasteiger partial charge in [0.2, 0.25) is 0 Å². The summed E-state index contributed by atoms with van der Waals surface area (Å²) < 4.78 is 53.6. The lowest BCUT2D eigenvalue weighted by atomic mass is 9.91. The monoisotopic (exact) mass is 475 g/mol. The minimum absolute atomic E-state index is 0.0597. The summed E-state index contributed by atoms with van der Waals surface area (Å²) in [5.41, 5.74) is 5.52. The van der Waals surface area contributed by atoms with E-state index in [0.717, 1.165) is 10.7 Å². The predicted octanol–water partition coefficient (Wildman–Crippen LogP) is 3.92. The molecule has 1 atom stereocenters. The highest BCUT2D eigenvalue weighted by atomic mass is 35.5. The van der Waals surface area contributed by atoms with Gasteiger partial charge in [0.15, 0.2) is 11.6 Å². The molecular weight excluding hydrogens is 451 g/mol. The Morgan fingerprint density at radius 3 is 2.69 bits per heavy atom. The molecule has 0 radical (unpaired) electrons. The van der Waals surface area contributed by atoms with Gasteiger partial charge in [-0.3, -0.25) is 4.90 Å². The Kier molecular flexibility index (Phi) is 6.89. The number of carbonyl (C=O) groups excluding carboxylic acids is 1. The Morgan fingerprint density at radius 1 is 1.41 bits per heavy atom. The smallest absolute Gasteiger partial charge is 0.410 e. The molecule has 1 amide bonds. The average Bonchev–Trinajstić information content (AvgIpc) is 3.06. The lowest BCUT2D eigenvalue weighted by Gasteiger charge is -2.38. The second kappa shape index (κ2) is 9.14. The van der Waals surface area contributed by atoms with E-state index >= 15 is 0 Å². The molecule has 8 nitrogen and oxygen atoms in total. The molecule has 176 valence electrons. The van der Waals surface area contributed by atoms with E-state index in [-0.39, 0.29) is 35.1 Å². The summed E-state index contributed by atoms with van der Waals surface area (Å²) in [6.45, 7) is 4.93. The Bertz CT molecular complexity index is 1010. The molecule has 0 saturated carbocycles. The highest BCUT2D eigenvalue weighted by Crippen LogP contribution is 2.42. The van der Waals surface area contributed by atoms with Crippen molar-refractivity contribution in [3.8, 4) is 5.75 Å². The van der Waals surface area contributed by atoms with E-state index < -0.39 is 42.3 Å². The topological polar surface area (TPSA) is 95.5 Å². The molecule has 1 aromatic heterocycles. The first-order chi connectivity index (χ1) is 14.9. The van der Waals surface area contributed by atoms with E-state index in [0.29, 0.717) is 12.0 Å². The maximum absolute atomic E-state index is 14.9. The van der Waals surface area contributed by atoms with Gasteiger partial charge in [0.05, 0.1) is 6.04 Å². The number of aryl methyl sites for hydroxylation is 1. The lowest BCUT2D eigenvalue weighted by Crippen LogP contribution is -2.45. The van der Waals surface area contributed by atoms with Gasteiger partial charge in [0.25, 0.3) is 6.43 Å². The summed E-state index contributed by atoms with van der Waals surface area (Å²) in [5, 5.41) is 7.43. The van der Waals surface area contributed by atoms with Gasteiger partial charge in [-0.25, -0.2) is 22.6 Å². The molecule has 12 heteroatoms. The number of fused-ring (bicyclic) bond motifs is 1. The van der Waals surface area contributed by atoms with Crippen molar-refractivity contribution in [2.45, 2.75) is 51.9 Å². The van der Waals surface area contributed by atoms with Gasteiger partial charge in [-0.15, -0.1) is 5.10 Å². The number of nitrogens with zero attached hydrogens (tertiary/aromatic N) is 4. The SMILES string of the molecule is Cn1nnc(COc2c(F)cc(Cl)c3c2C(CN)N(C(=O)OC(C)(C)C)CC3)c1C(F)F. The number of hydrogen-bond acceptors (Lipinski definition) is 6. The van der Waals surface area contributed by atoms with Gasteiger partial charge < -0.3 is 15.2 Å². The molecule has 0 saturated heterocycles. The Morgan fingerprint density at radius 2 is 2.09 bits per heavy atom. The Balaban J connectivity index is 1.99. The molecular formula is C20H25ClF3N5O3. The largest absolute Gasteiger partial charge is 0.484 e. The fourth-order valence-corrected chi connectivity index (χ4v) is 3.95. The lowest BCUT2D eigenvalue weighted by molar-refractivity contribution is 0.0145. The van der Waals surface area contributed by atoms with Crippen molar-refractivity contribution in [3.05, 3.63) is 39.4 Å². The second-order valence-corrected chi connectivity index (χ2v) is 8.78. The van der Waals surface area contributed by atoms with Crippen LogP contribution in [-0.2, 0) is 24.8 Å². The van der Waals surface area contributed by atoms with E-state index in [2.05, 4.69) is 10.3 Å². The first-order valence-electron chi connectivity index (χ1n) is 9.94. The van der Waals surface area contributed by atoms with Crippen LogP contribution < -0.4 is 10.5 Å². The standard InChI is InChI=1S/C20H25ClF3N5O3/c1-20(2,3)32-19(30)29-6-5-10-11(21)7-12(22)17(15(10)14(29)8-25)31-9-13-16(18(23)24)28(4)27-26-13/h7,14,18H,5-6,8-9,25H2,1-4H3. The zero-order chi connectivity index (χ0) is 23.8. The number of hydrogen-bond donors (Lipinski definition) is 1. The number of aromatic nitrogens is 3. The molecule has 2 N–H and O–H groups in total. The minimum Gasteiger partial charge on any atom is -0.484 e. The third-order valence-electron chi connectivity index (χ3n) is 5.00. The summed E-state index contributed by atoms with van der Waals surface area (Å²) in [5.74, 6) is -1.03. The maximum atomic E-state index is 14.9. The van der Waals surface area contributed by atoms with Crippen LogP contribution in [0.15, 0.2) is 6.07 Å². The third-order valence-corrected chi connectivity index (χ3v) is 5.33. The van der Waals surface area contributed by atoms with E-state index in [1.807, 2.05) is 0 Å². The van der Waals surface area contributed by atoms with Gasteiger partial charge in [-0.2, -0.15) is 0 Å². The molecule has 3 rings (SSSR count). The highest BCUT2D eigenvalue weighted by Gasteiger charge is 2.37. The molecule has 0 spiro atoms. The third kappa shape index (κ3) is 4.78. The fraction of sp³-hybridized carbons (Fsp3) is 0.550. The van der Waals surface area contributed by atoms with Crippen LogP contribution in [-0.4, -0.2) is 44.7 Å². The van der Waals surface area contributed by atoms with Crippen LogP contribution in [0.1, 0.15) is 55.8 Å². The van der Waals surface area contributed by atoms with Crippen molar-refractivity contribution in [1.82, 2.24) is 19.9 Å². The van der Waals surface area contributed by atoms with Crippen LogP contribution in [0.2, 0.25) is 5.02 Å². The quantitative estimate of drug-likeness (QED) is 0.704. The zero-order valence-corrected chi connectivity index (χ0v) is 18.9. The molecule has 1 aliphatic rings. The number of benzene rings is 1. The Labute approximate surface area is 188 Å². The summed E-state index contributed by atoms with van der Waals surface area (Å²) in [6.07, 6.45) is -3.13.